The van der Waals surface area contributed by atoms with Crippen LogP contribution in [-0.2, 0) is 27.4 Å². The molecule has 0 unspecified atom stereocenters. The van der Waals surface area contributed by atoms with Gasteiger partial charge in [0.15, 0.2) is 0 Å². The van der Waals surface area contributed by atoms with Crippen molar-refractivity contribution in [3.8, 4) is 5.75 Å². The predicted octanol–water partition coefficient (Wildman–Crippen LogP) is 1.55. The molecule has 0 aromatic heterocycles. The molecule has 2 aromatic rings. The Balaban J connectivity index is 1.73. The Bertz CT molecular complexity index is 934. The maximum atomic E-state index is 13.0. The zero-order chi connectivity index (χ0) is 21.8. The van der Waals surface area contributed by atoms with Crippen LogP contribution >= 0.6 is 0 Å². The number of nitrogens with one attached hydrogen (secondary N) is 1. The maximum Gasteiger partial charge on any atom is 0.495 e. The van der Waals surface area contributed by atoms with Gasteiger partial charge in [-0.05, 0) is 35.2 Å². The van der Waals surface area contributed by atoms with E-state index < -0.39 is 25.0 Å². The van der Waals surface area contributed by atoms with Gasteiger partial charge in [-0.15, -0.1) is 0 Å². The molecular weight excluding hydrogens is 392 g/mol. The first kappa shape index (κ1) is 21.8. The smallest absolute Gasteiger partial charge is 0.495 e. The second-order valence-corrected chi connectivity index (χ2v) is 7.31. The summed E-state index contributed by atoms with van der Waals surface area (Å²) < 4.78 is 28.8. The number of hydrogen-bond acceptors (Lipinski definition) is 6. The molecule has 9 heteroatoms. The lowest BCUT2D eigenvalue weighted by Crippen LogP contribution is -2.45. The van der Waals surface area contributed by atoms with E-state index in [1.54, 1.807) is 26.0 Å². The van der Waals surface area contributed by atoms with E-state index >= 15 is 0 Å². The number of carbonyl (C=O) groups excluding carboxylic acids is 2. The topological polar surface area (TPSA) is 94.1 Å². The van der Waals surface area contributed by atoms with Gasteiger partial charge in [0, 0.05) is 5.46 Å². The largest absolute Gasteiger partial charge is 0.496 e. The van der Waals surface area contributed by atoms with Gasteiger partial charge >= 0.3 is 13.1 Å². The first-order chi connectivity index (χ1) is 14.3. The second kappa shape index (κ2) is 9.27. The van der Waals surface area contributed by atoms with Crippen LogP contribution in [0.5, 0.6) is 5.75 Å². The van der Waals surface area contributed by atoms with Gasteiger partial charge in [0.05, 0.1) is 19.3 Å². The Morgan fingerprint density at radius 3 is 2.57 bits per heavy atom. The minimum atomic E-state index is -1.18. The summed E-state index contributed by atoms with van der Waals surface area (Å²) in [6.45, 7) is 3.74. The quantitative estimate of drug-likeness (QED) is 0.527. The molecule has 1 heterocycles. The van der Waals surface area contributed by atoms with Crippen LogP contribution in [0.3, 0.4) is 0 Å². The highest BCUT2D eigenvalue weighted by Crippen LogP contribution is 2.23. The zero-order valence-corrected chi connectivity index (χ0v) is 17.0. The molecule has 2 N–H and O–H groups in total. The molecule has 0 aliphatic carbocycles. The summed E-state index contributed by atoms with van der Waals surface area (Å²) in [6, 6.07) is 7.95. The number of esters is 1. The molecule has 1 atom stereocenters. The summed E-state index contributed by atoms with van der Waals surface area (Å²) in [5, 5.41) is 12.7. The molecule has 1 aliphatic heterocycles. The molecule has 2 aromatic carbocycles. The number of amides is 1. The van der Waals surface area contributed by atoms with Crippen LogP contribution in [0.15, 0.2) is 36.4 Å². The fraction of sp³-hybridized carbons (Fsp3) is 0.333. The second-order valence-electron chi connectivity index (χ2n) is 7.31. The highest BCUT2D eigenvalue weighted by atomic mass is 19.1. The third kappa shape index (κ3) is 4.63. The number of ether oxygens (including phenoxy) is 2. The molecular formula is C21H23BFNO6. The number of halogens is 1. The van der Waals surface area contributed by atoms with Crippen LogP contribution in [0.25, 0.3) is 0 Å². The fourth-order valence-corrected chi connectivity index (χ4v) is 3.23. The standard InChI is InChI=1S/C21H23BFNO6/c1-12(2)18(21(26)29-10-13-4-7-15(23)8-5-13)24-20(25)16-9-6-14-11-30-22(27)17(14)19(16)28-3/h4-9,12,18,27H,10-11H2,1-3H3,(H,24,25)/t18-/m0/s1. The Morgan fingerprint density at radius 1 is 1.23 bits per heavy atom. The molecule has 0 bridgehead atoms. The summed E-state index contributed by atoms with van der Waals surface area (Å²) in [6.07, 6.45) is 0. The van der Waals surface area contributed by atoms with Gasteiger partial charge in [0.1, 0.15) is 24.2 Å². The van der Waals surface area contributed by atoms with Crippen molar-refractivity contribution in [2.45, 2.75) is 33.1 Å². The van der Waals surface area contributed by atoms with Crippen molar-refractivity contribution in [1.29, 1.82) is 0 Å². The third-order valence-corrected chi connectivity index (χ3v) is 4.88. The van der Waals surface area contributed by atoms with Crippen LogP contribution in [0, 0.1) is 11.7 Å². The third-order valence-electron chi connectivity index (χ3n) is 4.88. The van der Waals surface area contributed by atoms with Crippen molar-refractivity contribution in [2.24, 2.45) is 5.92 Å². The highest BCUT2D eigenvalue weighted by molar-refractivity contribution is 6.63. The summed E-state index contributed by atoms with van der Waals surface area (Å²) in [4.78, 5) is 25.5. The van der Waals surface area contributed by atoms with E-state index in [4.69, 9.17) is 14.1 Å². The van der Waals surface area contributed by atoms with Gasteiger partial charge in [-0.3, -0.25) is 4.79 Å². The van der Waals surface area contributed by atoms with Crippen molar-refractivity contribution in [2.75, 3.05) is 7.11 Å². The fourth-order valence-electron chi connectivity index (χ4n) is 3.23. The minimum absolute atomic E-state index is 0.0378. The SMILES string of the molecule is COc1c(C(=O)N[C@H](C(=O)OCc2ccc(F)cc2)C(C)C)ccc2c1B(O)OC2. The van der Waals surface area contributed by atoms with Gasteiger partial charge < -0.3 is 24.5 Å². The van der Waals surface area contributed by atoms with E-state index in [0.29, 0.717) is 11.0 Å². The highest BCUT2D eigenvalue weighted by Gasteiger charge is 2.35. The molecule has 3 rings (SSSR count). The Morgan fingerprint density at radius 2 is 1.93 bits per heavy atom. The van der Waals surface area contributed by atoms with E-state index in [9.17, 15) is 19.0 Å². The Hall–Kier alpha value is -2.91. The molecule has 1 aliphatic rings. The first-order valence-corrected chi connectivity index (χ1v) is 9.53. The van der Waals surface area contributed by atoms with E-state index in [1.165, 1.54) is 31.4 Å². The molecule has 0 saturated heterocycles. The molecule has 1 amide bonds. The van der Waals surface area contributed by atoms with Gasteiger partial charge in [0.25, 0.3) is 5.91 Å². The summed E-state index contributed by atoms with van der Waals surface area (Å²) in [5.41, 5.74) is 1.95. The summed E-state index contributed by atoms with van der Waals surface area (Å²) >= 11 is 0. The normalized spacial score (nSPS) is 13.7. The number of methoxy groups -OCH3 is 1. The van der Waals surface area contributed by atoms with Crippen molar-refractivity contribution < 1.29 is 33.1 Å². The molecule has 0 fully saturated rings. The van der Waals surface area contributed by atoms with Crippen LogP contribution < -0.4 is 15.5 Å². The molecule has 0 saturated carbocycles. The Labute approximate surface area is 174 Å². The van der Waals surface area contributed by atoms with E-state index in [-0.39, 0.29) is 36.3 Å². The zero-order valence-electron chi connectivity index (χ0n) is 17.0. The number of benzene rings is 2. The van der Waals surface area contributed by atoms with Crippen molar-refractivity contribution in [1.82, 2.24) is 5.32 Å². The summed E-state index contributed by atoms with van der Waals surface area (Å²) in [5.74, 6) is -1.56. The van der Waals surface area contributed by atoms with Crippen LogP contribution in [0.4, 0.5) is 4.39 Å². The lowest BCUT2D eigenvalue weighted by Gasteiger charge is -2.22. The monoisotopic (exact) mass is 415 g/mol. The lowest BCUT2D eigenvalue weighted by molar-refractivity contribution is -0.148. The molecule has 30 heavy (non-hydrogen) atoms. The van der Waals surface area contributed by atoms with E-state index in [2.05, 4.69) is 5.32 Å². The van der Waals surface area contributed by atoms with Gasteiger partial charge in [0.2, 0.25) is 0 Å². The Kier molecular flexibility index (Phi) is 6.74. The van der Waals surface area contributed by atoms with Gasteiger partial charge in [-0.1, -0.05) is 32.0 Å². The molecule has 158 valence electrons. The molecule has 7 nitrogen and oxygen atoms in total. The molecule has 0 radical (unpaired) electrons. The lowest BCUT2D eigenvalue weighted by atomic mass is 9.77. The van der Waals surface area contributed by atoms with E-state index in [0.717, 1.165) is 5.56 Å². The molecule has 0 spiro atoms. The number of carbonyl (C=O) groups is 2. The van der Waals surface area contributed by atoms with Gasteiger partial charge in [-0.2, -0.15) is 0 Å². The number of rotatable bonds is 7. The van der Waals surface area contributed by atoms with Crippen molar-refractivity contribution in [3.05, 3.63) is 58.9 Å². The maximum absolute atomic E-state index is 13.0. The van der Waals surface area contributed by atoms with Crippen molar-refractivity contribution in [3.63, 3.8) is 0 Å². The summed E-state index contributed by atoms with van der Waals surface area (Å²) in [7, 11) is 0.221. The van der Waals surface area contributed by atoms with Crippen molar-refractivity contribution >= 4 is 24.5 Å². The first-order valence-electron chi connectivity index (χ1n) is 9.53. The average molecular weight is 415 g/mol. The predicted molar refractivity (Wildman–Crippen MR) is 108 cm³/mol. The van der Waals surface area contributed by atoms with E-state index in [1.807, 2.05) is 0 Å². The van der Waals surface area contributed by atoms with Crippen LogP contribution in [-0.4, -0.2) is 37.2 Å². The number of hydrogen-bond donors (Lipinski definition) is 2. The van der Waals surface area contributed by atoms with Crippen LogP contribution in [0.2, 0.25) is 0 Å². The number of fused-ring (bicyclic) bond motifs is 1. The average Bonchev–Trinajstić information content (AvgIpc) is 3.11. The van der Waals surface area contributed by atoms with Gasteiger partial charge in [-0.25, -0.2) is 9.18 Å². The van der Waals surface area contributed by atoms with Crippen LogP contribution in [0.1, 0.15) is 35.3 Å². The minimum Gasteiger partial charge on any atom is -0.496 e.